The van der Waals surface area contributed by atoms with Crippen molar-refractivity contribution in [2.75, 3.05) is 5.32 Å². The molecule has 0 unspecified atom stereocenters. The predicted octanol–water partition coefficient (Wildman–Crippen LogP) is 0.825. The van der Waals surface area contributed by atoms with E-state index in [9.17, 15) is 9.59 Å². The van der Waals surface area contributed by atoms with E-state index in [-0.39, 0.29) is 23.0 Å². The summed E-state index contributed by atoms with van der Waals surface area (Å²) in [5, 5.41) is 6.59. The summed E-state index contributed by atoms with van der Waals surface area (Å²) in [6.45, 7) is 1.59. The number of nitrogens with zero attached hydrogens (tertiary/aromatic N) is 2. The van der Waals surface area contributed by atoms with Gasteiger partial charge in [0.15, 0.2) is 0 Å². The van der Waals surface area contributed by atoms with Gasteiger partial charge in [-0.05, 0) is 24.6 Å². The Morgan fingerprint density at radius 2 is 2.14 bits per heavy atom. The number of thiocarbonyl (C=S) groups is 1. The molecule has 1 amide bonds. The summed E-state index contributed by atoms with van der Waals surface area (Å²) in [5.74, 6) is -0.378. The molecule has 6 nitrogen and oxygen atoms in total. The summed E-state index contributed by atoms with van der Waals surface area (Å²) in [4.78, 5) is 23.9. The van der Waals surface area contributed by atoms with Crippen molar-refractivity contribution in [2.24, 2.45) is 5.73 Å². The molecule has 108 valence electrons. The smallest absolute Gasteiger partial charge is 0.267 e. The molecule has 7 heteroatoms. The second-order valence-electron chi connectivity index (χ2n) is 4.49. The van der Waals surface area contributed by atoms with E-state index in [0.717, 1.165) is 10.2 Å². The third-order valence-corrected chi connectivity index (χ3v) is 2.99. The molecule has 1 heterocycles. The third kappa shape index (κ3) is 3.73. The number of hydrogen-bond donors (Lipinski definition) is 2. The minimum atomic E-state index is -0.378. The lowest BCUT2D eigenvalue weighted by Gasteiger charge is -2.10. The molecule has 0 aliphatic heterocycles. The monoisotopic (exact) mass is 302 g/mol. The molecule has 0 aliphatic rings. The van der Waals surface area contributed by atoms with E-state index in [1.54, 1.807) is 31.2 Å². The average molecular weight is 302 g/mol. The average Bonchev–Trinajstić information content (AvgIpc) is 2.42. The number of hydrogen-bond acceptors (Lipinski definition) is 4. The maximum atomic E-state index is 12.0. The van der Waals surface area contributed by atoms with Gasteiger partial charge in [-0.1, -0.05) is 24.4 Å². The van der Waals surface area contributed by atoms with Crippen LogP contribution in [-0.4, -0.2) is 20.7 Å². The molecule has 0 atom stereocenters. The van der Waals surface area contributed by atoms with Gasteiger partial charge in [0, 0.05) is 11.6 Å². The lowest BCUT2D eigenvalue weighted by Crippen LogP contribution is -2.29. The molecular formula is C14H14N4O2S. The molecule has 21 heavy (non-hydrogen) atoms. The number of carbonyl (C=O) groups excluding carboxylic acids is 1. The molecule has 1 aromatic heterocycles. The number of anilines is 1. The van der Waals surface area contributed by atoms with Gasteiger partial charge >= 0.3 is 0 Å². The maximum absolute atomic E-state index is 12.0. The molecule has 2 aromatic rings. The lowest BCUT2D eigenvalue weighted by atomic mass is 10.2. The van der Waals surface area contributed by atoms with Crippen molar-refractivity contribution in [1.82, 2.24) is 9.78 Å². The zero-order chi connectivity index (χ0) is 15.4. The number of para-hydroxylation sites is 1. The summed E-state index contributed by atoms with van der Waals surface area (Å²) < 4.78 is 1.09. The number of benzene rings is 1. The first-order valence-corrected chi connectivity index (χ1v) is 6.60. The zero-order valence-electron chi connectivity index (χ0n) is 11.4. The molecule has 0 fully saturated rings. The molecule has 1 aromatic carbocycles. The van der Waals surface area contributed by atoms with Crippen molar-refractivity contribution in [2.45, 2.75) is 13.5 Å². The Balaban J connectivity index is 2.16. The van der Waals surface area contributed by atoms with Crippen LogP contribution in [0.2, 0.25) is 0 Å². The molecule has 0 spiro atoms. The minimum Gasteiger partial charge on any atom is -0.389 e. The fraction of sp³-hybridized carbons (Fsp3) is 0.143. The van der Waals surface area contributed by atoms with Crippen molar-refractivity contribution in [3.63, 3.8) is 0 Å². The van der Waals surface area contributed by atoms with Crippen molar-refractivity contribution in [1.29, 1.82) is 0 Å². The summed E-state index contributed by atoms with van der Waals surface area (Å²) >= 11 is 4.93. The van der Waals surface area contributed by atoms with E-state index >= 15 is 0 Å². The van der Waals surface area contributed by atoms with Crippen LogP contribution in [0.15, 0.2) is 41.3 Å². The summed E-state index contributed by atoms with van der Waals surface area (Å²) in [6, 6.07) is 8.36. The second kappa shape index (κ2) is 6.27. The number of nitrogens with two attached hydrogens (primary N) is 1. The first kappa shape index (κ1) is 14.9. The van der Waals surface area contributed by atoms with Gasteiger partial charge in [-0.2, -0.15) is 5.10 Å². The zero-order valence-corrected chi connectivity index (χ0v) is 12.2. The Labute approximate surface area is 126 Å². The summed E-state index contributed by atoms with van der Waals surface area (Å²) in [5.41, 5.74) is 7.10. The van der Waals surface area contributed by atoms with Crippen molar-refractivity contribution in [3.8, 4) is 0 Å². The molecule has 0 bridgehead atoms. The van der Waals surface area contributed by atoms with Crippen molar-refractivity contribution < 1.29 is 4.79 Å². The molecule has 0 aliphatic carbocycles. The summed E-state index contributed by atoms with van der Waals surface area (Å²) in [7, 11) is 0. The fourth-order valence-corrected chi connectivity index (χ4v) is 1.95. The lowest BCUT2D eigenvalue weighted by molar-refractivity contribution is -0.117. The Morgan fingerprint density at radius 3 is 2.81 bits per heavy atom. The van der Waals surface area contributed by atoms with Gasteiger partial charge in [-0.15, -0.1) is 0 Å². The number of aromatic nitrogens is 2. The van der Waals surface area contributed by atoms with E-state index in [4.69, 9.17) is 18.0 Å². The molecule has 0 radical (unpaired) electrons. The van der Waals surface area contributed by atoms with E-state index < -0.39 is 0 Å². The van der Waals surface area contributed by atoms with Crippen molar-refractivity contribution >= 4 is 28.8 Å². The highest BCUT2D eigenvalue weighted by Gasteiger charge is 2.10. The van der Waals surface area contributed by atoms with Crippen LogP contribution in [0.3, 0.4) is 0 Å². The Kier molecular flexibility index (Phi) is 4.44. The maximum Gasteiger partial charge on any atom is 0.267 e. The third-order valence-electron chi connectivity index (χ3n) is 2.77. The van der Waals surface area contributed by atoms with E-state index in [2.05, 4.69) is 10.4 Å². The van der Waals surface area contributed by atoms with Gasteiger partial charge in [0.1, 0.15) is 11.5 Å². The van der Waals surface area contributed by atoms with Gasteiger partial charge in [-0.25, -0.2) is 4.68 Å². The van der Waals surface area contributed by atoms with Gasteiger partial charge < -0.3 is 11.1 Å². The predicted molar refractivity (Wildman–Crippen MR) is 84.2 cm³/mol. The fourth-order valence-electron chi connectivity index (χ4n) is 1.78. The molecule has 3 N–H and O–H groups in total. The van der Waals surface area contributed by atoms with Crippen LogP contribution in [0.1, 0.15) is 11.1 Å². The number of aryl methyl sites for hydroxylation is 1. The van der Waals surface area contributed by atoms with Crippen molar-refractivity contribution in [3.05, 3.63) is 58.0 Å². The minimum absolute atomic E-state index is 0.176. The standard InChI is InChI=1S/C14H14N4O2S/c1-9-6-13(20)18(16-7-9)8-12(19)17-11-5-3-2-4-10(11)14(15)21/h2-7H,8H2,1H3,(H2,15,21)(H,17,19). The van der Waals surface area contributed by atoms with E-state index in [1.807, 2.05) is 0 Å². The number of amides is 1. The highest BCUT2D eigenvalue weighted by Crippen LogP contribution is 2.14. The first-order chi connectivity index (χ1) is 9.97. The number of rotatable bonds is 4. The topological polar surface area (TPSA) is 90.0 Å². The molecular weight excluding hydrogens is 288 g/mol. The second-order valence-corrected chi connectivity index (χ2v) is 4.93. The molecule has 0 saturated carbocycles. The normalized spacial score (nSPS) is 10.1. The quantitative estimate of drug-likeness (QED) is 0.816. The largest absolute Gasteiger partial charge is 0.389 e. The van der Waals surface area contributed by atoms with Crippen LogP contribution < -0.4 is 16.6 Å². The first-order valence-electron chi connectivity index (χ1n) is 6.20. The Bertz CT molecular complexity index is 755. The van der Waals surface area contributed by atoms with Crippen LogP contribution in [0.4, 0.5) is 5.69 Å². The molecule has 0 saturated heterocycles. The van der Waals surface area contributed by atoms with Crippen LogP contribution in [-0.2, 0) is 11.3 Å². The number of carbonyl (C=O) groups is 1. The molecule has 2 rings (SSSR count). The highest BCUT2D eigenvalue weighted by atomic mass is 32.1. The summed E-state index contributed by atoms with van der Waals surface area (Å²) in [6.07, 6.45) is 1.53. The van der Waals surface area contributed by atoms with Gasteiger partial charge in [0.05, 0.1) is 11.9 Å². The van der Waals surface area contributed by atoms with E-state index in [1.165, 1.54) is 12.3 Å². The van der Waals surface area contributed by atoms with Gasteiger partial charge in [0.2, 0.25) is 5.91 Å². The highest BCUT2D eigenvalue weighted by molar-refractivity contribution is 7.80. The van der Waals surface area contributed by atoms with Crippen LogP contribution in [0.5, 0.6) is 0 Å². The van der Waals surface area contributed by atoms with Crippen LogP contribution in [0, 0.1) is 6.92 Å². The number of nitrogens with one attached hydrogen (secondary N) is 1. The van der Waals surface area contributed by atoms with Crippen LogP contribution >= 0.6 is 12.2 Å². The van der Waals surface area contributed by atoms with Gasteiger partial charge in [-0.3, -0.25) is 9.59 Å². The van der Waals surface area contributed by atoms with Gasteiger partial charge in [0.25, 0.3) is 5.56 Å². The SMILES string of the molecule is Cc1cnn(CC(=O)Nc2ccccc2C(N)=S)c(=O)c1. The van der Waals surface area contributed by atoms with Crippen LogP contribution in [0.25, 0.3) is 0 Å². The Hall–Kier alpha value is -2.54. The van der Waals surface area contributed by atoms with E-state index in [0.29, 0.717) is 11.3 Å². The Morgan fingerprint density at radius 1 is 1.43 bits per heavy atom.